The molecule has 0 spiro atoms. The number of rotatable bonds is 8. The van der Waals surface area contributed by atoms with Crippen molar-refractivity contribution in [2.75, 3.05) is 43.1 Å². The number of imide groups is 1. The highest BCUT2D eigenvalue weighted by Crippen LogP contribution is 2.37. The Morgan fingerprint density at radius 2 is 1.70 bits per heavy atom. The van der Waals surface area contributed by atoms with Crippen molar-refractivity contribution in [1.29, 1.82) is 0 Å². The van der Waals surface area contributed by atoms with Crippen LogP contribution in [0.25, 0.3) is 6.08 Å². The van der Waals surface area contributed by atoms with E-state index in [2.05, 4.69) is 18.8 Å². The zero-order valence-corrected chi connectivity index (χ0v) is 25.8. The van der Waals surface area contributed by atoms with Crippen LogP contribution in [0, 0.1) is 0 Å². The van der Waals surface area contributed by atoms with Gasteiger partial charge >= 0.3 is 11.9 Å². The first-order valence-electron chi connectivity index (χ1n) is 12.0. The van der Waals surface area contributed by atoms with E-state index in [9.17, 15) is 28.6 Å². The normalized spacial score (nSPS) is 16.4. The van der Waals surface area contributed by atoms with Gasteiger partial charge in [0.2, 0.25) is 0 Å². The summed E-state index contributed by atoms with van der Waals surface area (Å²) in [6.45, 7) is 1.40. The van der Waals surface area contributed by atoms with E-state index in [1.807, 2.05) is 5.32 Å². The number of anilines is 1. The maximum Gasteiger partial charge on any atom is 0.349 e. The van der Waals surface area contributed by atoms with E-state index in [1.165, 1.54) is 11.0 Å². The van der Waals surface area contributed by atoms with Crippen LogP contribution in [0.15, 0.2) is 34.4 Å². The number of carbonyl (C=O) groups excluding carboxylic acids is 3. The molecule has 40 heavy (non-hydrogen) atoms. The lowest BCUT2D eigenvalue weighted by molar-refractivity contribution is -0.193. The average Bonchev–Trinajstić information content (AvgIpc) is 3.10. The molecule has 11 nitrogen and oxygen atoms in total. The first-order chi connectivity index (χ1) is 18.6. The number of esters is 1. The van der Waals surface area contributed by atoms with E-state index in [4.69, 9.17) is 37.9 Å². The first-order valence-corrected chi connectivity index (χ1v) is 16.9. The Morgan fingerprint density at radius 3 is 2.15 bits per heavy atom. The van der Waals surface area contributed by atoms with Crippen LogP contribution in [0.5, 0.6) is 0 Å². The second-order valence-corrected chi connectivity index (χ2v) is 13.7. The van der Waals surface area contributed by atoms with Gasteiger partial charge in [-0.15, -0.1) is 0 Å². The molecule has 1 aromatic rings. The summed E-state index contributed by atoms with van der Waals surface area (Å²) >= 11 is 12.1. The first kappa shape index (κ1) is 35.8. The highest BCUT2D eigenvalue weighted by atomic mass is 35.5. The molecule has 3 N–H and O–H groups in total. The SMILES string of the molecule is CCOC(=O)/C(Cl)=C/c1cc(N2C(=O)C3=C(CCCC3)C2=O)ccc1Cl.C[S+](C)C.O=C(O)CNCP(=O)([O-])O. The maximum absolute atomic E-state index is 12.7. The van der Waals surface area contributed by atoms with Gasteiger partial charge in [0.1, 0.15) is 12.6 Å². The summed E-state index contributed by atoms with van der Waals surface area (Å²) in [6, 6.07) is 4.74. The number of carboxylic acids is 1. The highest BCUT2D eigenvalue weighted by Gasteiger charge is 2.39. The Bertz CT molecular complexity index is 1180. The molecule has 1 aliphatic carbocycles. The van der Waals surface area contributed by atoms with Gasteiger partial charge in [0.15, 0.2) is 0 Å². The second kappa shape index (κ2) is 16.9. The van der Waals surface area contributed by atoms with E-state index in [0.29, 0.717) is 51.2 Å². The monoisotopic (exact) mass is 638 g/mol. The molecule has 0 aromatic heterocycles. The number of benzene rings is 1. The molecule has 1 atom stereocenters. The summed E-state index contributed by atoms with van der Waals surface area (Å²) in [7, 11) is -3.71. The number of hydrogen-bond acceptors (Lipinski definition) is 8. The zero-order chi connectivity index (χ0) is 30.6. The lowest BCUT2D eigenvalue weighted by atomic mass is 9.93. The Labute approximate surface area is 246 Å². The second-order valence-electron chi connectivity index (χ2n) is 8.87. The fraction of sp³-hybridized carbons (Fsp3) is 0.440. The van der Waals surface area contributed by atoms with Gasteiger partial charge in [0.25, 0.3) is 11.8 Å². The van der Waals surface area contributed by atoms with Crippen LogP contribution in [0.1, 0.15) is 38.2 Å². The molecule has 3 rings (SSSR count). The number of amides is 2. The number of ether oxygens (including phenoxy) is 1. The van der Waals surface area contributed by atoms with Crippen molar-refractivity contribution in [2.24, 2.45) is 0 Å². The van der Waals surface area contributed by atoms with Crippen LogP contribution in [0.3, 0.4) is 0 Å². The van der Waals surface area contributed by atoms with Gasteiger partial charge in [-0.05, 0) is 73.3 Å². The van der Waals surface area contributed by atoms with Crippen molar-refractivity contribution in [3.63, 3.8) is 0 Å². The molecule has 1 heterocycles. The lowest BCUT2D eigenvalue weighted by Crippen LogP contribution is -2.31. The minimum atomic E-state index is -4.35. The van der Waals surface area contributed by atoms with Crippen LogP contribution < -0.4 is 15.1 Å². The zero-order valence-electron chi connectivity index (χ0n) is 22.6. The highest BCUT2D eigenvalue weighted by molar-refractivity contribution is 7.94. The van der Waals surface area contributed by atoms with Gasteiger partial charge in [-0.1, -0.05) is 23.2 Å². The van der Waals surface area contributed by atoms with E-state index < -0.39 is 32.4 Å². The van der Waals surface area contributed by atoms with Crippen LogP contribution in [0.2, 0.25) is 5.02 Å². The van der Waals surface area contributed by atoms with E-state index in [-0.39, 0.29) is 23.5 Å². The number of carbonyl (C=O) groups is 4. The van der Waals surface area contributed by atoms with Gasteiger partial charge in [0, 0.05) is 16.2 Å². The maximum atomic E-state index is 12.7. The molecule has 2 amide bonds. The van der Waals surface area contributed by atoms with Crippen LogP contribution in [-0.4, -0.2) is 72.0 Å². The topological polar surface area (TPSA) is 173 Å². The van der Waals surface area contributed by atoms with Crippen LogP contribution >= 0.6 is 30.8 Å². The molecule has 0 radical (unpaired) electrons. The third-order valence-corrected chi connectivity index (χ3v) is 6.20. The quantitative estimate of drug-likeness (QED) is 0.126. The number of nitrogens with one attached hydrogen (secondary N) is 1. The molecule has 1 aliphatic heterocycles. The molecule has 222 valence electrons. The van der Waals surface area contributed by atoms with Crippen molar-refractivity contribution in [3.05, 3.63) is 45.0 Å². The molecular formula is C25H33Cl2N2O9PS. The summed E-state index contributed by atoms with van der Waals surface area (Å²) in [5.74, 6) is -2.40. The number of hydrogen-bond donors (Lipinski definition) is 3. The number of nitrogens with zero attached hydrogens (tertiary/aromatic N) is 1. The van der Waals surface area contributed by atoms with Crippen LogP contribution in [-0.2, 0) is 39.4 Å². The summed E-state index contributed by atoms with van der Waals surface area (Å²) in [5, 5.41) is 10.2. The van der Waals surface area contributed by atoms with E-state index in [0.717, 1.165) is 12.8 Å². The van der Waals surface area contributed by atoms with Crippen molar-refractivity contribution in [2.45, 2.75) is 32.6 Å². The van der Waals surface area contributed by atoms with Crippen molar-refractivity contribution >= 4 is 77.2 Å². The van der Waals surface area contributed by atoms with Gasteiger partial charge in [-0.2, -0.15) is 0 Å². The number of halogens is 2. The van der Waals surface area contributed by atoms with Gasteiger partial charge in [0.05, 0.1) is 43.9 Å². The molecule has 0 fully saturated rings. The molecule has 1 unspecified atom stereocenters. The predicted octanol–water partition coefficient (Wildman–Crippen LogP) is 2.88. The third-order valence-electron chi connectivity index (χ3n) is 4.97. The molecule has 0 saturated heterocycles. The van der Waals surface area contributed by atoms with Gasteiger partial charge < -0.3 is 24.2 Å². The predicted molar refractivity (Wildman–Crippen MR) is 155 cm³/mol. The van der Waals surface area contributed by atoms with Crippen molar-refractivity contribution < 1.29 is 43.4 Å². The molecule has 1 aromatic carbocycles. The molecule has 0 bridgehead atoms. The largest absolute Gasteiger partial charge is 0.778 e. The summed E-state index contributed by atoms with van der Waals surface area (Å²) in [6.07, 6.45) is 10.3. The Hall–Kier alpha value is -2.18. The Balaban J connectivity index is 0.000000477. The third kappa shape index (κ3) is 12.1. The van der Waals surface area contributed by atoms with Crippen LogP contribution in [0.4, 0.5) is 5.69 Å². The van der Waals surface area contributed by atoms with E-state index in [1.54, 1.807) is 25.1 Å². The number of carboxylic acid groups (broad SMARTS) is 1. The minimum absolute atomic E-state index is 0.137. The molecule has 0 saturated carbocycles. The van der Waals surface area contributed by atoms with Gasteiger partial charge in [-0.25, -0.2) is 9.69 Å². The van der Waals surface area contributed by atoms with Gasteiger partial charge in [-0.3, -0.25) is 19.7 Å². The van der Waals surface area contributed by atoms with Crippen molar-refractivity contribution in [1.82, 2.24) is 5.32 Å². The fourth-order valence-electron chi connectivity index (χ4n) is 3.45. The lowest BCUT2D eigenvalue weighted by Gasteiger charge is -2.16. The number of aliphatic carboxylic acids is 1. The molecule has 15 heteroatoms. The fourth-order valence-corrected chi connectivity index (χ4v) is 4.19. The average molecular weight is 639 g/mol. The standard InChI is InChI=1S/C19H17Cl2NO4.C3H8NO5P.C3H9S/c1-2-26-19(25)16(21)10-11-9-12(7-8-15(11)20)22-17(23)13-5-3-4-6-14(13)18(22)24;5-3(6)1-4-2-10(7,8)9;1-4(2)3/h7-10H,2-6H2,1H3;4H,1-2H2,(H,5,6)(H2,7,8,9);1-3H3/q;;+1/p-1/b16-10-;;. The summed E-state index contributed by atoms with van der Waals surface area (Å²) in [4.78, 5) is 65.9. The minimum Gasteiger partial charge on any atom is -0.778 e. The molecule has 2 aliphatic rings. The summed E-state index contributed by atoms with van der Waals surface area (Å²) in [5.41, 5.74) is 2.04. The Kier molecular flexibility index (Phi) is 15.2. The summed E-state index contributed by atoms with van der Waals surface area (Å²) < 4.78 is 14.8. The Morgan fingerprint density at radius 1 is 1.18 bits per heavy atom. The molecular weight excluding hydrogens is 606 g/mol. The van der Waals surface area contributed by atoms with E-state index >= 15 is 0 Å². The van der Waals surface area contributed by atoms with Crippen molar-refractivity contribution in [3.8, 4) is 0 Å². The smallest absolute Gasteiger partial charge is 0.349 e.